The third-order valence-electron chi connectivity index (χ3n) is 4.10. The predicted octanol–water partition coefficient (Wildman–Crippen LogP) is 7.28. The second-order valence-electron chi connectivity index (χ2n) is 6.36. The molecule has 3 rings (SSSR count). The van der Waals surface area contributed by atoms with Crippen LogP contribution in [0.3, 0.4) is 0 Å². The maximum atomic E-state index is 12.5. The molecule has 0 aromatic heterocycles. The predicted molar refractivity (Wildman–Crippen MR) is 149 cm³/mol. The third kappa shape index (κ3) is 7.06. The molecular formula is C23H14ClI3N2O2. The maximum absolute atomic E-state index is 12.5. The van der Waals surface area contributed by atoms with Crippen LogP contribution >= 0.6 is 79.4 Å². The van der Waals surface area contributed by atoms with E-state index in [9.17, 15) is 10.1 Å². The van der Waals surface area contributed by atoms with Crippen molar-refractivity contribution in [2.45, 2.75) is 6.61 Å². The van der Waals surface area contributed by atoms with Crippen LogP contribution in [0.1, 0.15) is 11.1 Å². The highest BCUT2D eigenvalue weighted by Gasteiger charge is 2.13. The van der Waals surface area contributed by atoms with E-state index in [0.717, 1.165) is 24.0 Å². The second-order valence-corrected chi connectivity index (χ2v) is 10.4. The number of amides is 1. The largest absolute Gasteiger partial charge is 0.487 e. The van der Waals surface area contributed by atoms with E-state index in [2.05, 4.69) is 73.1 Å². The van der Waals surface area contributed by atoms with Gasteiger partial charge in [-0.1, -0.05) is 23.7 Å². The molecule has 0 saturated carbocycles. The van der Waals surface area contributed by atoms with Crippen molar-refractivity contribution in [3.05, 3.63) is 93.1 Å². The highest BCUT2D eigenvalue weighted by Crippen LogP contribution is 2.30. The lowest BCUT2D eigenvalue weighted by Crippen LogP contribution is -2.13. The highest BCUT2D eigenvalue weighted by molar-refractivity contribution is 14.1. The first-order valence-corrected chi connectivity index (χ1v) is 12.5. The van der Waals surface area contributed by atoms with Gasteiger partial charge in [-0.15, -0.1) is 0 Å². The summed E-state index contributed by atoms with van der Waals surface area (Å²) in [6.45, 7) is 0.463. The number of nitrogens with zero attached hydrogens (tertiary/aromatic N) is 1. The SMILES string of the molecule is N#C/C(=C/c1cc(I)c(OCc2ccc(I)cc2)c(I)c1)C(=O)Nc1ccc(Cl)cc1. The fourth-order valence-corrected chi connectivity index (χ4v) is 5.20. The van der Waals surface area contributed by atoms with E-state index in [4.69, 9.17) is 16.3 Å². The van der Waals surface area contributed by atoms with Crippen LogP contribution in [0, 0.1) is 22.0 Å². The van der Waals surface area contributed by atoms with Gasteiger partial charge in [-0.05, 0) is 134 Å². The summed E-state index contributed by atoms with van der Waals surface area (Å²) in [5.74, 6) is 0.301. The molecule has 0 spiro atoms. The van der Waals surface area contributed by atoms with Gasteiger partial charge >= 0.3 is 0 Å². The first kappa shape index (κ1) is 24.3. The van der Waals surface area contributed by atoms with Crippen molar-refractivity contribution in [2.75, 3.05) is 5.32 Å². The number of hydrogen-bond donors (Lipinski definition) is 1. The molecule has 0 fully saturated rings. The number of nitrogens with one attached hydrogen (secondary N) is 1. The number of carbonyl (C=O) groups is 1. The molecule has 31 heavy (non-hydrogen) atoms. The Morgan fingerprint density at radius 3 is 2.23 bits per heavy atom. The van der Waals surface area contributed by atoms with E-state index in [1.165, 1.54) is 3.57 Å². The van der Waals surface area contributed by atoms with Crippen molar-refractivity contribution in [3.63, 3.8) is 0 Å². The Morgan fingerprint density at radius 2 is 1.65 bits per heavy atom. The maximum Gasteiger partial charge on any atom is 0.266 e. The van der Waals surface area contributed by atoms with Crippen molar-refractivity contribution >= 4 is 97.0 Å². The van der Waals surface area contributed by atoms with Gasteiger partial charge in [-0.25, -0.2) is 0 Å². The quantitative estimate of drug-likeness (QED) is 0.163. The summed E-state index contributed by atoms with van der Waals surface area (Å²) in [5.41, 5.74) is 2.41. The number of ether oxygens (including phenoxy) is 1. The van der Waals surface area contributed by atoms with Crippen LogP contribution in [-0.4, -0.2) is 5.91 Å². The van der Waals surface area contributed by atoms with Gasteiger partial charge in [-0.3, -0.25) is 4.79 Å². The summed E-state index contributed by atoms with van der Waals surface area (Å²) >= 11 is 12.5. The molecule has 0 atom stereocenters. The molecule has 4 nitrogen and oxygen atoms in total. The lowest BCUT2D eigenvalue weighted by molar-refractivity contribution is -0.112. The molecule has 1 N–H and O–H groups in total. The number of hydrogen-bond acceptors (Lipinski definition) is 3. The Hall–Kier alpha value is -1.36. The van der Waals surface area contributed by atoms with Gasteiger partial charge in [0.1, 0.15) is 24.0 Å². The number of carbonyl (C=O) groups excluding carboxylic acids is 1. The summed E-state index contributed by atoms with van der Waals surface area (Å²) in [4.78, 5) is 12.5. The zero-order valence-corrected chi connectivity index (χ0v) is 23.1. The van der Waals surface area contributed by atoms with Crippen LogP contribution in [0.5, 0.6) is 5.75 Å². The van der Waals surface area contributed by atoms with Crippen molar-refractivity contribution in [3.8, 4) is 11.8 Å². The third-order valence-corrected chi connectivity index (χ3v) is 6.67. The van der Waals surface area contributed by atoms with Gasteiger partial charge in [-0.2, -0.15) is 5.26 Å². The monoisotopic (exact) mass is 766 g/mol. The minimum Gasteiger partial charge on any atom is -0.487 e. The van der Waals surface area contributed by atoms with E-state index in [1.54, 1.807) is 30.3 Å². The van der Waals surface area contributed by atoms with E-state index >= 15 is 0 Å². The van der Waals surface area contributed by atoms with Crippen LogP contribution in [-0.2, 0) is 11.4 Å². The lowest BCUT2D eigenvalue weighted by atomic mass is 10.1. The zero-order chi connectivity index (χ0) is 22.4. The highest BCUT2D eigenvalue weighted by atomic mass is 127. The Balaban J connectivity index is 1.76. The molecule has 3 aromatic carbocycles. The number of rotatable bonds is 6. The van der Waals surface area contributed by atoms with Crippen LogP contribution < -0.4 is 10.1 Å². The minimum atomic E-state index is -0.478. The molecule has 1 amide bonds. The summed E-state index contributed by atoms with van der Waals surface area (Å²) in [7, 11) is 0. The van der Waals surface area contributed by atoms with Gasteiger partial charge in [0, 0.05) is 14.3 Å². The first-order valence-electron chi connectivity index (χ1n) is 8.90. The molecule has 0 bridgehead atoms. The molecule has 0 aliphatic rings. The second kappa shape index (κ2) is 11.5. The normalized spacial score (nSPS) is 11.0. The molecule has 0 radical (unpaired) electrons. The Morgan fingerprint density at radius 1 is 1.03 bits per heavy atom. The number of anilines is 1. The molecule has 0 unspecified atom stereocenters. The molecule has 0 aliphatic heterocycles. The standard InChI is InChI=1S/C23H14ClI3N2O2/c24-17-3-7-19(8-4-17)29-23(30)16(12-28)9-15-10-20(26)22(21(27)11-15)31-13-14-1-5-18(25)6-2-14/h1-11H,13H2,(H,29,30)/b16-9-. The average molecular weight is 767 g/mol. The van der Waals surface area contributed by atoms with Crippen molar-refractivity contribution < 1.29 is 9.53 Å². The van der Waals surface area contributed by atoms with E-state index in [1.807, 2.05) is 42.5 Å². The lowest BCUT2D eigenvalue weighted by Gasteiger charge is -2.12. The molecule has 8 heteroatoms. The van der Waals surface area contributed by atoms with Crippen molar-refractivity contribution in [2.24, 2.45) is 0 Å². The summed E-state index contributed by atoms with van der Waals surface area (Å²) in [6.07, 6.45) is 1.57. The van der Waals surface area contributed by atoms with Gasteiger partial charge in [0.05, 0.1) is 7.14 Å². The fourth-order valence-electron chi connectivity index (χ4n) is 2.58. The average Bonchev–Trinajstić information content (AvgIpc) is 2.74. The zero-order valence-electron chi connectivity index (χ0n) is 15.8. The number of halogens is 4. The van der Waals surface area contributed by atoms with Crippen LogP contribution in [0.15, 0.2) is 66.2 Å². The Kier molecular flexibility index (Phi) is 9.00. The number of nitriles is 1. The Bertz CT molecular complexity index is 1150. The van der Waals surface area contributed by atoms with E-state index < -0.39 is 5.91 Å². The van der Waals surface area contributed by atoms with Crippen molar-refractivity contribution in [1.29, 1.82) is 5.26 Å². The van der Waals surface area contributed by atoms with Gasteiger partial charge < -0.3 is 10.1 Å². The minimum absolute atomic E-state index is 0.00843. The van der Waals surface area contributed by atoms with Crippen LogP contribution in [0.4, 0.5) is 5.69 Å². The van der Waals surface area contributed by atoms with Gasteiger partial charge in [0.2, 0.25) is 0 Å². The topological polar surface area (TPSA) is 62.1 Å². The molecule has 0 aliphatic carbocycles. The first-order chi connectivity index (χ1) is 14.9. The smallest absolute Gasteiger partial charge is 0.266 e. The van der Waals surface area contributed by atoms with Crippen LogP contribution in [0.2, 0.25) is 5.02 Å². The van der Waals surface area contributed by atoms with Gasteiger partial charge in [0.25, 0.3) is 5.91 Å². The van der Waals surface area contributed by atoms with E-state index in [0.29, 0.717) is 17.3 Å². The fraction of sp³-hybridized carbons (Fsp3) is 0.0435. The molecule has 0 saturated heterocycles. The number of benzene rings is 3. The van der Waals surface area contributed by atoms with Gasteiger partial charge in [0.15, 0.2) is 0 Å². The Labute approximate surface area is 226 Å². The summed E-state index contributed by atoms with van der Waals surface area (Å²) in [6, 6.07) is 20.6. The van der Waals surface area contributed by atoms with Crippen molar-refractivity contribution in [1.82, 2.24) is 0 Å². The van der Waals surface area contributed by atoms with E-state index in [-0.39, 0.29) is 5.57 Å². The van der Waals surface area contributed by atoms with Crippen LogP contribution in [0.25, 0.3) is 6.08 Å². The summed E-state index contributed by atoms with van der Waals surface area (Å²) in [5, 5.41) is 12.8. The molecular weight excluding hydrogens is 752 g/mol. The molecule has 3 aromatic rings. The molecule has 0 heterocycles. The summed E-state index contributed by atoms with van der Waals surface area (Å²) < 4.78 is 9.00. The molecule has 156 valence electrons.